The minimum atomic E-state index is -0.0273. The van der Waals surface area contributed by atoms with Crippen LogP contribution in [0, 0.1) is 0 Å². The Morgan fingerprint density at radius 3 is 2.62 bits per heavy atom. The number of benzene rings is 1. The Morgan fingerprint density at radius 1 is 1.00 bits per heavy atom. The molecule has 0 spiro atoms. The minimum absolute atomic E-state index is 0.0273. The Bertz CT molecular complexity index is 772. The van der Waals surface area contributed by atoms with Crippen molar-refractivity contribution >= 4 is 17.2 Å². The fourth-order valence-electron chi connectivity index (χ4n) is 2.36. The molecule has 1 aromatic carbocycles. The number of nitrogens with one attached hydrogen (secondary N) is 1. The van der Waals surface area contributed by atoms with E-state index in [4.69, 9.17) is 0 Å². The molecule has 4 nitrogen and oxygen atoms in total. The van der Waals surface area contributed by atoms with Gasteiger partial charge < -0.3 is 5.32 Å². The van der Waals surface area contributed by atoms with Crippen LogP contribution < -0.4 is 5.32 Å². The van der Waals surface area contributed by atoms with Crippen LogP contribution in [-0.2, 0) is 30.6 Å². The third-order valence-electron chi connectivity index (χ3n) is 3.60. The van der Waals surface area contributed by atoms with Crippen molar-refractivity contribution in [3.8, 4) is 0 Å². The summed E-state index contributed by atoms with van der Waals surface area (Å²) in [6.07, 6.45) is 3.92. The Morgan fingerprint density at radius 2 is 1.83 bits per heavy atom. The SMILES string of the molecule is O=C(Cc1csc(CCc2ccccc2)n1)NCc1ccccn1. The van der Waals surface area contributed by atoms with Crippen LogP contribution in [0.3, 0.4) is 0 Å². The van der Waals surface area contributed by atoms with E-state index >= 15 is 0 Å². The third kappa shape index (κ3) is 4.99. The lowest BCUT2D eigenvalue weighted by Gasteiger charge is -2.03. The lowest BCUT2D eigenvalue weighted by molar-refractivity contribution is -0.120. The van der Waals surface area contributed by atoms with Crippen molar-refractivity contribution in [1.82, 2.24) is 15.3 Å². The molecule has 1 N–H and O–H groups in total. The van der Waals surface area contributed by atoms with Crippen molar-refractivity contribution in [3.05, 3.63) is 82.1 Å². The van der Waals surface area contributed by atoms with Gasteiger partial charge in [-0.2, -0.15) is 0 Å². The van der Waals surface area contributed by atoms with Crippen LogP contribution in [0.4, 0.5) is 0 Å². The van der Waals surface area contributed by atoms with E-state index in [1.54, 1.807) is 17.5 Å². The first-order valence-electron chi connectivity index (χ1n) is 7.93. The average molecular weight is 337 g/mol. The highest BCUT2D eigenvalue weighted by atomic mass is 32.1. The number of aromatic nitrogens is 2. The fourth-order valence-corrected chi connectivity index (χ4v) is 3.16. The van der Waals surface area contributed by atoms with Crippen molar-refractivity contribution in [1.29, 1.82) is 0 Å². The van der Waals surface area contributed by atoms with Gasteiger partial charge in [0.1, 0.15) is 0 Å². The molecule has 2 aromatic heterocycles. The van der Waals surface area contributed by atoms with Crippen LogP contribution in [0.25, 0.3) is 0 Å². The zero-order chi connectivity index (χ0) is 16.6. The summed E-state index contributed by atoms with van der Waals surface area (Å²) in [7, 11) is 0. The predicted octanol–water partition coefficient (Wildman–Crippen LogP) is 3.18. The Hall–Kier alpha value is -2.53. The molecule has 0 saturated carbocycles. The average Bonchev–Trinajstić information content (AvgIpc) is 3.07. The van der Waals surface area contributed by atoms with Gasteiger partial charge in [-0.1, -0.05) is 36.4 Å². The second kappa shape index (κ2) is 8.36. The molecule has 0 bridgehead atoms. The molecule has 0 unspecified atom stereocenters. The number of nitrogens with zero attached hydrogens (tertiary/aromatic N) is 2. The monoisotopic (exact) mass is 337 g/mol. The molecule has 0 saturated heterocycles. The Kier molecular flexibility index (Phi) is 5.69. The second-order valence-electron chi connectivity index (χ2n) is 5.49. The number of hydrogen-bond donors (Lipinski definition) is 1. The van der Waals surface area contributed by atoms with Crippen LogP contribution in [0.5, 0.6) is 0 Å². The van der Waals surface area contributed by atoms with Crippen LogP contribution in [0.2, 0.25) is 0 Å². The zero-order valence-corrected chi connectivity index (χ0v) is 14.1. The number of carbonyl (C=O) groups is 1. The molecule has 122 valence electrons. The predicted molar refractivity (Wildman–Crippen MR) is 95.8 cm³/mol. The largest absolute Gasteiger partial charge is 0.350 e. The van der Waals surface area contributed by atoms with E-state index in [1.807, 2.05) is 29.6 Å². The van der Waals surface area contributed by atoms with Gasteiger partial charge in [0.2, 0.25) is 5.91 Å². The molecule has 3 aromatic rings. The summed E-state index contributed by atoms with van der Waals surface area (Å²) in [5, 5.41) is 5.93. The summed E-state index contributed by atoms with van der Waals surface area (Å²) < 4.78 is 0. The molecule has 0 atom stereocenters. The quantitative estimate of drug-likeness (QED) is 0.720. The summed E-state index contributed by atoms with van der Waals surface area (Å²) in [5.41, 5.74) is 3.00. The van der Waals surface area contributed by atoms with Crippen molar-refractivity contribution in [2.24, 2.45) is 0 Å². The van der Waals surface area contributed by atoms with Gasteiger partial charge in [-0.3, -0.25) is 9.78 Å². The van der Waals surface area contributed by atoms with E-state index < -0.39 is 0 Å². The molecule has 0 fully saturated rings. The van der Waals surface area contributed by atoms with Crippen LogP contribution in [-0.4, -0.2) is 15.9 Å². The van der Waals surface area contributed by atoms with Crippen LogP contribution >= 0.6 is 11.3 Å². The van der Waals surface area contributed by atoms with E-state index in [0.29, 0.717) is 13.0 Å². The standard InChI is InChI=1S/C19H19N3OS/c23-18(21-13-16-8-4-5-11-20-16)12-17-14-24-19(22-17)10-9-15-6-2-1-3-7-15/h1-8,11,14H,9-10,12-13H2,(H,21,23). The topological polar surface area (TPSA) is 54.9 Å². The first-order chi connectivity index (χ1) is 11.8. The minimum Gasteiger partial charge on any atom is -0.350 e. The number of carbonyl (C=O) groups excluding carboxylic acids is 1. The second-order valence-corrected chi connectivity index (χ2v) is 6.44. The van der Waals surface area contributed by atoms with Gasteiger partial charge in [-0.25, -0.2) is 4.98 Å². The normalized spacial score (nSPS) is 10.5. The number of hydrogen-bond acceptors (Lipinski definition) is 4. The van der Waals surface area contributed by atoms with E-state index in [9.17, 15) is 4.79 Å². The molecule has 3 rings (SSSR count). The smallest absolute Gasteiger partial charge is 0.226 e. The number of amides is 1. The first-order valence-corrected chi connectivity index (χ1v) is 8.81. The Balaban J connectivity index is 1.46. The van der Waals surface area contributed by atoms with Gasteiger partial charge in [-0.15, -0.1) is 11.3 Å². The molecule has 2 heterocycles. The van der Waals surface area contributed by atoms with Gasteiger partial charge in [0.25, 0.3) is 0 Å². The molecular formula is C19H19N3OS. The first kappa shape index (κ1) is 16.3. The van der Waals surface area contributed by atoms with Gasteiger partial charge >= 0.3 is 0 Å². The summed E-state index contributed by atoms with van der Waals surface area (Å²) >= 11 is 1.62. The molecule has 1 amide bonds. The number of pyridine rings is 1. The Labute approximate surface area is 145 Å². The van der Waals surface area contributed by atoms with Gasteiger partial charge in [0.05, 0.1) is 29.4 Å². The van der Waals surface area contributed by atoms with Crippen molar-refractivity contribution < 1.29 is 4.79 Å². The molecular weight excluding hydrogens is 318 g/mol. The van der Waals surface area contributed by atoms with Crippen LogP contribution in [0.1, 0.15) is 22.0 Å². The summed E-state index contributed by atoms with van der Waals surface area (Å²) in [6, 6.07) is 16.0. The number of rotatable bonds is 7. The van der Waals surface area contributed by atoms with Gasteiger partial charge in [-0.05, 0) is 24.1 Å². The number of aryl methyl sites for hydroxylation is 2. The lowest BCUT2D eigenvalue weighted by atomic mass is 10.1. The lowest BCUT2D eigenvalue weighted by Crippen LogP contribution is -2.25. The molecule has 24 heavy (non-hydrogen) atoms. The fraction of sp³-hybridized carbons (Fsp3) is 0.211. The van der Waals surface area contributed by atoms with Crippen LogP contribution in [0.15, 0.2) is 60.1 Å². The maximum atomic E-state index is 12.0. The van der Waals surface area contributed by atoms with Crippen molar-refractivity contribution in [3.63, 3.8) is 0 Å². The number of thiazole rings is 1. The molecule has 0 aliphatic heterocycles. The zero-order valence-electron chi connectivity index (χ0n) is 13.3. The summed E-state index contributed by atoms with van der Waals surface area (Å²) in [5.74, 6) is -0.0273. The highest BCUT2D eigenvalue weighted by Gasteiger charge is 2.08. The summed E-state index contributed by atoms with van der Waals surface area (Å²) in [4.78, 5) is 20.7. The van der Waals surface area contributed by atoms with Crippen molar-refractivity contribution in [2.45, 2.75) is 25.8 Å². The molecule has 0 aliphatic rings. The summed E-state index contributed by atoms with van der Waals surface area (Å²) in [6.45, 7) is 0.449. The van der Waals surface area contributed by atoms with E-state index in [2.05, 4.69) is 39.6 Å². The van der Waals surface area contributed by atoms with Crippen molar-refractivity contribution in [2.75, 3.05) is 0 Å². The van der Waals surface area contributed by atoms with Gasteiger partial charge in [0, 0.05) is 18.0 Å². The molecule has 5 heteroatoms. The van der Waals surface area contributed by atoms with Gasteiger partial charge in [0.15, 0.2) is 0 Å². The molecule has 0 aliphatic carbocycles. The highest BCUT2D eigenvalue weighted by Crippen LogP contribution is 2.13. The highest BCUT2D eigenvalue weighted by molar-refractivity contribution is 7.09. The maximum Gasteiger partial charge on any atom is 0.226 e. The molecule has 0 radical (unpaired) electrons. The van der Waals surface area contributed by atoms with E-state index in [-0.39, 0.29) is 5.91 Å². The van der Waals surface area contributed by atoms with E-state index in [0.717, 1.165) is 29.2 Å². The third-order valence-corrected chi connectivity index (χ3v) is 4.56. The maximum absolute atomic E-state index is 12.0. The van der Waals surface area contributed by atoms with E-state index in [1.165, 1.54) is 5.56 Å².